The zero-order chi connectivity index (χ0) is 37.2. The SMILES string of the molecule is CCN1CCN(C(=O)NC(C(=O)N[C@]2(NC=O)C(=O)N3C(C(=O)O)=C(CSC4NC(=O)C(C(N)=O)=NN4C)CS[C@H]32)c2ccccc2)C(=O)C1=O. The van der Waals surface area contributed by atoms with E-state index < -0.39 is 81.4 Å². The normalized spacial score (nSPS) is 23.8. The van der Waals surface area contributed by atoms with Crippen LogP contribution >= 0.6 is 23.5 Å². The predicted molar refractivity (Wildman–Crippen MR) is 178 cm³/mol. The van der Waals surface area contributed by atoms with Gasteiger partial charge < -0.3 is 37.0 Å². The Labute approximate surface area is 297 Å². The second-order valence-corrected chi connectivity index (χ2v) is 13.5. The summed E-state index contributed by atoms with van der Waals surface area (Å²) < 4.78 is 0. The zero-order valence-electron chi connectivity index (χ0n) is 27.0. The van der Waals surface area contributed by atoms with Crippen LogP contribution < -0.4 is 27.0 Å². The summed E-state index contributed by atoms with van der Waals surface area (Å²) in [6, 6.07) is 5.21. The van der Waals surface area contributed by atoms with Crippen LogP contribution in [0.25, 0.3) is 0 Å². The first-order chi connectivity index (χ1) is 24.2. The highest BCUT2D eigenvalue weighted by Gasteiger charge is 2.66. The lowest BCUT2D eigenvalue weighted by molar-refractivity contribution is -0.163. The maximum atomic E-state index is 13.9. The molecule has 9 amide bonds. The van der Waals surface area contributed by atoms with Gasteiger partial charge in [0.1, 0.15) is 17.1 Å². The lowest BCUT2D eigenvalue weighted by atomic mass is 9.94. The summed E-state index contributed by atoms with van der Waals surface area (Å²) >= 11 is 2.09. The number of nitrogens with one attached hydrogen (secondary N) is 4. The van der Waals surface area contributed by atoms with Crippen LogP contribution in [0.3, 0.4) is 0 Å². The van der Waals surface area contributed by atoms with Gasteiger partial charge in [-0.05, 0) is 18.1 Å². The number of benzene rings is 1. The molecule has 5 rings (SSSR count). The number of aliphatic carboxylic acids is 1. The molecule has 4 atom stereocenters. The Morgan fingerprint density at radius 1 is 1.16 bits per heavy atom. The van der Waals surface area contributed by atoms with Crippen LogP contribution in [-0.4, -0.2) is 139 Å². The number of carbonyl (C=O) groups is 9. The van der Waals surface area contributed by atoms with E-state index in [-0.39, 0.29) is 48.7 Å². The number of fused-ring (bicyclic) bond motifs is 1. The highest BCUT2D eigenvalue weighted by Crippen LogP contribution is 2.46. The van der Waals surface area contributed by atoms with Gasteiger partial charge in [0.15, 0.2) is 5.50 Å². The Morgan fingerprint density at radius 3 is 2.49 bits per heavy atom. The minimum absolute atomic E-state index is 0.0140. The molecule has 1 aromatic rings. The first-order valence-corrected chi connectivity index (χ1v) is 17.3. The van der Waals surface area contributed by atoms with Crippen LogP contribution in [0.4, 0.5) is 4.79 Å². The predicted octanol–water partition coefficient (Wildman–Crippen LogP) is -3.14. The van der Waals surface area contributed by atoms with Crippen molar-refractivity contribution in [2.45, 2.75) is 29.5 Å². The molecular weight excluding hydrogens is 713 g/mol. The van der Waals surface area contributed by atoms with Crippen molar-refractivity contribution in [3.05, 3.63) is 47.2 Å². The van der Waals surface area contributed by atoms with E-state index in [1.165, 1.54) is 29.1 Å². The molecule has 22 heteroatoms. The smallest absolute Gasteiger partial charge is 0.352 e. The standard InChI is InChI=1S/C29H32N10O10S2/c1-3-37-9-10-38(23(45)22(37)44)27(49)32-16(14-7-5-4-6-8-14)21(43)34-29(31-13-40)25(48)39-18(24(46)47)15(11-50-26(29)39)12-51-28-33-20(42)17(19(30)41)35-36(28)2/h4-8,13,16,26,28H,3,9-12H2,1-2H3,(H2,30,41)(H,31,40)(H,32,49)(H,33,42)(H,34,43)(H,46,47)/t16?,26-,28?,29+/m0/s1. The van der Waals surface area contributed by atoms with Crippen LogP contribution in [-0.2, 0) is 38.4 Å². The Hall–Kier alpha value is -5.64. The number of carboxylic acid groups (broad SMARTS) is 1. The number of imide groups is 1. The molecule has 4 aliphatic rings. The fourth-order valence-electron chi connectivity index (χ4n) is 5.71. The Morgan fingerprint density at radius 2 is 1.86 bits per heavy atom. The molecule has 4 heterocycles. The highest BCUT2D eigenvalue weighted by atomic mass is 32.2. The van der Waals surface area contributed by atoms with Crippen LogP contribution in [0.1, 0.15) is 18.5 Å². The monoisotopic (exact) mass is 744 g/mol. The van der Waals surface area contributed by atoms with Gasteiger partial charge in [0.2, 0.25) is 23.7 Å². The molecule has 0 bridgehead atoms. The molecule has 0 saturated carbocycles. The zero-order valence-corrected chi connectivity index (χ0v) is 28.6. The number of β-lactam (4-membered cyclic amide) rings is 1. The van der Waals surface area contributed by atoms with Gasteiger partial charge in [-0.1, -0.05) is 30.3 Å². The maximum absolute atomic E-state index is 13.9. The van der Waals surface area contributed by atoms with Crippen molar-refractivity contribution in [2.75, 3.05) is 38.2 Å². The molecule has 7 N–H and O–H groups in total. The molecule has 2 saturated heterocycles. The van der Waals surface area contributed by atoms with E-state index >= 15 is 0 Å². The van der Waals surface area contributed by atoms with Crippen molar-refractivity contribution in [1.82, 2.24) is 41.0 Å². The first kappa shape index (κ1) is 36.6. The van der Waals surface area contributed by atoms with Gasteiger partial charge >= 0.3 is 23.8 Å². The van der Waals surface area contributed by atoms with Crippen LogP contribution in [0.5, 0.6) is 0 Å². The minimum atomic E-state index is -2.14. The first-order valence-electron chi connectivity index (χ1n) is 15.2. The molecule has 51 heavy (non-hydrogen) atoms. The number of thioether (sulfide) groups is 2. The molecule has 0 radical (unpaired) electrons. The fraction of sp³-hybridized carbons (Fsp3) is 0.379. The fourth-order valence-corrected chi connectivity index (χ4v) is 8.32. The van der Waals surface area contributed by atoms with Crippen molar-refractivity contribution < 1.29 is 48.3 Å². The van der Waals surface area contributed by atoms with Crippen LogP contribution in [0.15, 0.2) is 46.7 Å². The number of likely N-dealkylation sites (N-methyl/N-ethyl adjacent to an activating group) is 1. The molecular formula is C29H32N10O10S2. The minimum Gasteiger partial charge on any atom is -0.477 e. The van der Waals surface area contributed by atoms with Gasteiger partial charge in [-0.2, -0.15) is 5.10 Å². The second kappa shape index (κ2) is 14.7. The number of hydrazone groups is 1. The molecule has 0 spiro atoms. The van der Waals surface area contributed by atoms with Crippen molar-refractivity contribution in [1.29, 1.82) is 0 Å². The van der Waals surface area contributed by atoms with Gasteiger partial charge in [0.05, 0.1) is 0 Å². The van der Waals surface area contributed by atoms with Gasteiger partial charge in [0.25, 0.3) is 17.7 Å². The topological polar surface area (TPSA) is 273 Å². The number of nitrogens with zero attached hydrogens (tertiary/aromatic N) is 5. The summed E-state index contributed by atoms with van der Waals surface area (Å²) in [5.74, 6) is -7.27. The summed E-state index contributed by atoms with van der Waals surface area (Å²) in [6.07, 6.45) is 0.168. The number of carboxylic acids is 1. The number of nitrogens with two attached hydrogens (primary N) is 1. The van der Waals surface area contributed by atoms with E-state index in [1.54, 1.807) is 25.1 Å². The molecule has 2 unspecified atom stereocenters. The molecule has 20 nitrogen and oxygen atoms in total. The van der Waals surface area contributed by atoms with Gasteiger partial charge in [0, 0.05) is 38.2 Å². The van der Waals surface area contributed by atoms with Crippen molar-refractivity contribution >= 4 is 83.1 Å². The molecule has 270 valence electrons. The van der Waals surface area contributed by atoms with Crippen LogP contribution in [0, 0.1) is 0 Å². The molecule has 0 aromatic heterocycles. The van der Waals surface area contributed by atoms with E-state index in [0.717, 1.165) is 28.4 Å². The van der Waals surface area contributed by atoms with Gasteiger partial charge in [-0.25, -0.2) is 9.59 Å². The van der Waals surface area contributed by atoms with E-state index in [1.807, 2.05) is 0 Å². The number of urea groups is 1. The number of primary amides is 1. The second-order valence-electron chi connectivity index (χ2n) is 11.3. The average molecular weight is 745 g/mol. The number of carbonyl (C=O) groups excluding carboxylic acids is 8. The summed E-state index contributed by atoms with van der Waals surface area (Å²) in [5.41, 5.74) is 1.81. The van der Waals surface area contributed by atoms with Crippen LogP contribution in [0.2, 0.25) is 0 Å². The third kappa shape index (κ3) is 6.78. The molecule has 2 fully saturated rings. The van der Waals surface area contributed by atoms with Gasteiger partial charge in [-0.15, -0.1) is 23.5 Å². The van der Waals surface area contributed by atoms with E-state index in [2.05, 4.69) is 26.4 Å². The van der Waals surface area contributed by atoms with Crippen molar-refractivity contribution in [2.24, 2.45) is 10.8 Å². The molecule has 4 aliphatic heterocycles. The van der Waals surface area contributed by atoms with E-state index in [4.69, 9.17) is 5.73 Å². The third-order valence-electron chi connectivity index (χ3n) is 8.28. The number of amides is 9. The van der Waals surface area contributed by atoms with Crippen molar-refractivity contribution in [3.63, 3.8) is 0 Å². The highest BCUT2D eigenvalue weighted by molar-refractivity contribution is 8.01. The van der Waals surface area contributed by atoms with E-state index in [0.29, 0.717) is 4.90 Å². The quantitative estimate of drug-likeness (QED) is 0.0535. The molecule has 0 aliphatic carbocycles. The number of rotatable bonds is 12. The number of piperazine rings is 1. The average Bonchev–Trinajstić information content (AvgIpc) is 3.10. The Balaban J connectivity index is 1.36. The third-order valence-corrected chi connectivity index (χ3v) is 10.9. The van der Waals surface area contributed by atoms with Crippen molar-refractivity contribution in [3.8, 4) is 0 Å². The summed E-state index contributed by atoms with van der Waals surface area (Å²) in [6.45, 7) is 1.89. The Kier molecular flexibility index (Phi) is 10.5. The summed E-state index contributed by atoms with van der Waals surface area (Å²) in [5, 5.41) is 24.0. The largest absolute Gasteiger partial charge is 0.477 e. The summed E-state index contributed by atoms with van der Waals surface area (Å²) in [7, 11) is 1.47. The van der Waals surface area contributed by atoms with E-state index in [9.17, 15) is 48.3 Å². The number of hydrogen-bond donors (Lipinski definition) is 6. The Bertz CT molecular complexity index is 1770. The number of hydrogen-bond acceptors (Lipinski definition) is 13. The maximum Gasteiger partial charge on any atom is 0.352 e. The van der Waals surface area contributed by atoms with Gasteiger partial charge in [-0.3, -0.25) is 48.4 Å². The molecule has 1 aromatic carbocycles. The lowest BCUT2D eigenvalue weighted by Gasteiger charge is -2.56. The summed E-state index contributed by atoms with van der Waals surface area (Å²) in [4.78, 5) is 117. The lowest BCUT2D eigenvalue weighted by Crippen LogP contribution is -2.85.